The van der Waals surface area contributed by atoms with Gasteiger partial charge >= 0.3 is 0 Å². The highest BCUT2D eigenvalue weighted by atomic mass is 32.2. The van der Waals surface area contributed by atoms with Crippen LogP contribution in [-0.4, -0.2) is 20.9 Å². The van der Waals surface area contributed by atoms with E-state index in [0.717, 1.165) is 16.5 Å². The molecule has 0 spiro atoms. The molecular weight excluding hydrogens is 420 g/mol. The van der Waals surface area contributed by atoms with Crippen molar-refractivity contribution in [2.24, 2.45) is 0 Å². The number of amides is 1. The fourth-order valence-corrected chi connectivity index (χ4v) is 5.78. The van der Waals surface area contributed by atoms with Crippen molar-refractivity contribution in [3.05, 3.63) is 103 Å². The second-order valence-corrected chi connectivity index (χ2v) is 9.36. The number of fused-ring (bicyclic) bond motifs is 4. The fraction of sp³-hybridized carbons (Fsp3) is 0.0385. The van der Waals surface area contributed by atoms with Crippen molar-refractivity contribution >= 4 is 38.1 Å². The van der Waals surface area contributed by atoms with Gasteiger partial charge in [0.15, 0.2) is 0 Å². The van der Waals surface area contributed by atoms with E-state index in [0.29, 0.717) is 22.4 Å². The number of hydrogen-bond donors (Lipinski definition) is 1. The van der Waals surface area contributed by atoms with Crippen molar-refractivity contribution in [2.75, 3.05) is 16.2 Å². The number of benzene rings is 4. The molecule has 0 saturated heterocycles. The summed E-state index contributed by atoms with van der Waals surface area (Å²) in [6, 6.07) is 25.6. The molecule has 1 heterocycles. The molecule has 158 valence electrons. The maximum atomic E-state index is 13.1. The van der Waals surface area contributed by atoms with E-state index >= 15 is 0 Å². The fourth-order valence-electron chi connectivity index (χ4n) is 4.12. The summed E-state index contributed by atoms with van der Waals surface area (Å²) in [5.41, 5.74) is 2.99. The molecule has 1 amide bonds. The molecule has 32 heavy (non-hydrogen) atoms. The Morgan fingerprint density at radius 2 is 1.66 bits per heavy atom. The lowest BCUT2D eigenvalue weighted by Gasteiger charge is -2.31. The maximum Gasteiger partial charge on any atom is 0.265 e. The van der Waals surface area contributed by atoms with Crippen molar-refractivity contribution in [2.45, 2.75) is 4.90 Å². The number of nitrogens with one attached hydrogen (secondary N) is 1. The van der Waals surface area contributed by atoms with Crippen LogP contribution in [0.3, 0.4) is 0 Å². The quantitative estimate of drug-likeness (QED) is 0.429. The molecule has 1 aliphatic rings. The first-order valence-electron chi connectivity index (χ1n) is 10.2. The van der Waals surface area contributed by atoms with Gasteiger partial charge in [-0.2, -0.15) is 0 Å². The smallest absolute Gasteiger partial charge is 0.265 e. The van der Waals surface area contributed by atoms with Crippen molar-refractivity contribution in [1.29, 1.82) is 0 Å². The molecule has 0 aliphatic carbocycles. The van der Waals surface area contributed by atoms with E-state index in [1.807, 2.05) is 42.5 Å². The van der Waals surface area contributed by atoms with Gasteiger partial charge in [-0.1, -0.05) is 60.7 Å². The summed E-state index contributed by atoms with van der Waals surface area (Å²) in [5, 5.41) is 4.99. The normalized spacial score (nSPS) is 13.8. The molecule has 0 saturated carbocycles. The highest BCUT2D eigenvalue weighted by Crippen LogP contribution is 2.43. The zero-order valence-electron chi connectivity index (χ0n) is 17.2. The van der Waals surface area contributed by atoms with Crippen LogP contribution in [0.4, 0.5) is 11.4 Å². The number of nitrogens with zero attached hydrogens (tertiary/aromatic N) is 1. The van der Waals surface area contributed by atoms with Crippen LogP contribution in [0.15, 0.2) is 102 Å². The molecular formula is C26H20N2O3S. The molecule has 5 rings (SSSR count). The van der Waals surface area contributed by atoms with Gasteiger partial charge < -0.3 is 5.32 Å². The highest BCUT2D eigenvalue weighted by Gasteiger charge is 2.34. The second-order valence-electron chi connectivity index (χ2n) is 7.53. The summed E-state index contributed by atoms with van der Waals surface area (Å²) in [6.45, 7) is 3.84. The van der Waals surface area contributed by atoms with Gasteiger partial charge in [0.2, 0.25) is 0 Å². The van der Waals surface area contributed by atoms with E-state index in [1.165, 1.54) is 4.31 Å². The Kier molecular flexibility index (Phi) is 4.79. The first kappa shape index (κ1) is 20.0. The van der Waals surface area contributed by atoms with Crippen LogP contribution in [0.25, 0.3) is 21.9 Å². The van der Waals surface area contributed by atoms with Crippen molar-refractivity contribution < 1.29 is 13.2 Å². The molecule has 0 aromatic heterocycles. The monoisotopic (exact) mass is 440 g/mol. The molecule has 1 aliphatic heterocycles. The minimum absolute atomic E-state index is 0.144. The number of sulfonamides is 1. The summed E-state index contributed by atoms with van der Waals surface area (Å²) < 4.78 is 27.6. The zero-order chi connectivity index (χ0) is 22.3. The average molecular weight is 441 g/mol. The number of anilines is 2. The molecule has 5 nitrogen and oxygen atoms in total. The van der Waals surface area contributed by atoms with Gasteiger partial charge in [0.05, 0.1) is 17.1 Å². The maximum absolute atomic E-state index is 13.1. The van der Waals surface area contributed by atoms with Gasteiger partial charge in [-0.25, -0.2) is 8.42 Å². The second kappa shape index (κ2) is 7.66. The minimum atomic E-state index is -3.70. The lowest BCUT2D eigenvalue weighted by atomic mass is 9.99. The summed E-state index contributed by atoms with van der Waals surface area (Å²) in [7, 11) is -3.70. The molecule has 0 radical (unpaired) electrons. The zero-order valence-corrected chi connectivity index (χ0v) is 18.0. The standard InChI is InChI=1S/C26H20N2O3S/c1-2-16-28-24-15-14-19(17-22(24)21-11-5-6-13-25(21)32(28,30)31)26(29)27-23-12-7-9-18-8-3-4-10-20(18)23/h2-15,17H,1,16H2,(H,27,29). The first-order valence-corrected chi connectivity index (χ1v) is 11.6. The predicted octanol–water partition coefficient (Wildman–Crippen LogP) is 5.45. The van der Waals surface area contributed by atoms with Crippen LogP contribution < -0.4 is 9.62 Å². The van der Waals surface area contributed by atoms with Crippen molar-refractivity contribution in [1.82, 2.24) is 0 Å². The van der Waals surface area contributed by atoms with Crippen molar-refractivity contribution in [3.63, 3.8) is 0 Å². The van der Waals surface area contributed by atoms with Crippen LogP contribution in [-0.2, 0) is 10.0 Å². The SMILES string of the molecule is C=CCN1c2ccc(C(=O)Nc3cccc4ccccc34)cc2-c2ccccc2S1(=O)=O. The van der Waals surface area contributed by atoms with Crippen molar-refractivity contribution in [3.8, 4) is 11.1 Å². The van der Waals surface area contributed by atoms with E-state index in [1.54, 1.807) is 48.5 Å². The van der Waals surface area contributed by atoms with E-state index in [9.17, 15) is 13.2 Å². The van der Waals surface area contributed by atoms with E-state index < -0.39 is 10.0 Å². The van der Waals surface area contributed by atoms with Crippen LogP contribution in [0.1, 0.15) is 10.4 Å². The molecule has 4 aromatic rings. The van der Waals surface area contributed by atoms with Gasteiger partial charge in [0.25, 0.3) is 15.9 Å². The van der Waals surface area contributed by atoms with E-state index in [-0.39, 0.29) is 17.3 Å². The largest absolute Gasteiger partial charge is 0.321 e. The third-order valence-electron chi connectivity index (χ3n) is 5.61. The van der Waals surface area contributed by atoms with Gasteiger partial charge in [0, 0.05) is 27.8 Å². The van der Waals surface area contributed by atoms with Crippen LogP contribution in [0.5, 0.6) is 0 Å². The average Bonchev–Trinajstić information content (AvgIpc) is 2.82. The topological polar surface area (TPSA) is 66.5 Å². The Balaban J connectivity index is 1.59. The molecule has 4 aromatic carbocycles. The van der Waals surface area contributed by atoms with Crippen LogP contribution in [0.2, 0.25) is 0 Å². The Hall–Kier alpha value is -3.90. The first-order chi connectivity index (χ1) is 15.5. The summed E-state index contributed by atoms with van der Waals surface area (Å²) in [5.74, 6) is -0.259. The Morgan fingerprint density at radius 3 is 2.50 bits per heavy atom. The van der Waals surface area contributed by atoms with E-state index in [4.69, 9.17) is 0 Å². The number of rotatable bonds is 4. The lowest BCUT2D eigenvalue weighted by molar-refractivity contribution is 0.102. The Morgan fingerprint density at radius 1 is 0.906 bits per heavy atom. The third-order valence-corrected chi connectivity index (χ3v) is 7.44. The predicted molar refractivity (Wildman–Crippen MR) is 129 cm³/mol. The summed E-state index contributed by atoms with van der Waals surface area (Å²) in [6.07, 6.45) is 1.55. The van der Waals surface area contributed by atoms with Gasteiger partial charge in [-0.05, 0) is 35.7 Å². The van der Waals surface area contributed by atoms with Gasteiger partial charge in [-0.3, -0.25) is 9.10 Å². The molecule has 1 N–H and O–H groups in total. The van der Waals surface area contributed by atoms with Gasteiger partial charge in [-0.15, -0.1) is 6.58 Å². The number of carbonyl (C=O) groups excluding carboxylic acids is 1. The molecule has 0 bridgehead atoms. The lowest BCUT2D eigenvalue weighted by Crippen LogP contribution is -2.34. The molecule has 0 unspecified atom stereocenters. The molecule has 0 fully saturated rings. The van der Waals surface area contributed by atoms with Gasteiger partial charge in [0.1, 0.15) is 0 Å². The van der Waals surface area contributed by atoms with Crippen LogP contribution in [0, 0.1) is 0 Å². The van der Waals surface area contributed by atoms with E-state index in [2.05, 4.69) is 11.9 Å². The third kappa shape index (κ3) is 3.16. The molecule has 6 heteroatoms. The Bertz CT molecular complexity index is 1490. The number of carbonyl (C=O) groups is 1. The molecule has 0 atom stereocenters. The summed E-state index contributed by atoms with van der Waals surface area (Å²) >= 11 is 0. The Labute approximate surface area is 186 Å². The summed E-state index contributed by atoms with van der Waals surface area (Å²) in [4.78, 5) is 13.4. The minimum Gasteiger partial charge on any atom is -0.321 e. The highest BCUT2D eigenvalue weighted by molar-refractivity contribution is 7.93. The number of hydrogen-bond acceptors (Lipinski definition) is 3. The van der Waals surface area contributed by atoms with Crippen LogP contribution >= 0.6 is 0 Å².